The molecular weight excluding hydrogens is 234 g/mol. The Hall–Kier alpha value is -2.05. The normalized spacial score (nSPS) is 12.1. The Balaban J connectivity index is 2.05. The summed E-state index contributed by atoms with van der Waals surface area (Å²) >= 11 is 0. The Morgan fingerprint density at radius 3 is 2.89 bits per heavy atom. The Labute approximate surface area is 114 Å². The molecule has 3 nitrogen and oxygen atoms in total. The summed E-state index contributed by atoms with van der Waals surface area (Å²) in [5, 5.41) is 8.89. The predicted molar refractivity (Wildman–Crippen MR) is 76.7 cm³/mol. The quantitative estimate of drug-likeness (QED) is 0.890. The van der Waals surface area contributed by atoms with E-state index in [0.717, 1.165) is 24.9 Å². The lowest BCUT2D eigenvalue weighted by Gasteiger charge is -2.06. The van der Waals surface area contributed by atoms with Gasteiger partial charge in [0.1, 0.15) is 0 Å². The van der Waals surface area contributed by atoms with E-state index in [-0.39, 0.29) is 6.04 Å². The van der Waals surface area contributed by atoms with Crippen LogP contribution in [0.4, 0.5) is 0 Å². The lowest BCUT2D eigenvalue weighted by atomic mass is 10.1. The summed E-state index contributed by atoms with van der Waals surface area (Å²) in [6, 6.07) is 12.2. The van der Waals surface area contributed by atoms with Crippen LogP contribution in [-0.2, 0) is 13.0 Å². The molecule has 98 valence electrons. The number of benzene rings is 1. The molecule has 2 N–H and O–H groups in total. The van der Waals surface area contributed by atoms with Crippen LogP contribution >= 0.6 is 0 Å². The highest BCUT2D eigenvalue weighted by Crippen LogP contribution is 2.10. The van der Waals surface area contributed by atoms with Gasteiger partial charge in [0.05, 0.1) is 11.6 Å². The van der Waals surface area contributed by atoms with Crippen LogP contribution in [0.5, 0.6) is 0 Å². The number of nitriles is 1. The second-order valence-electron chi connectivity index (χ2n) is 4.88. The van der Waals surface area contributed by atoms with E-state index < -0.39 is 0 Å². The summed E-state index contributed by atoms with van der Waals surface area (Å²) in [7, 11) is 0. The first kappa shape index (κ1) is 13.4. The second kappa shape index (κ2) is 6.21. The minimum atomic E-state index is 0.234. The van der Waals surface area contributed by atoms with Gasteiger partial charge in [0.2, 0.25) is 0 Å². The average Bonchev–Trinajstić information content (AvgIpc) is 2.86. The van der Waals surface area contributed by atoms with Crippen LogP contribution in [-0.4, -0.2) is 10.6 Å². The van der Waals surface area contributed by atoms with E-state index in [0.29, 0.717) is 5.56 Å². The number of rotatable bonds is 5. The first-order chi connectivity index (χ1) is 9.21. The molecule has 0 spiro atoms. The third kappa shape index (κ3) is 3.70. The van der Waals surface area contributed by atoms with Crippen LogP contribution in [0.1, 0.15) is 30.0 Å². The maximum absolute atomic E-state index is 8.89. The van der Waals surface area contributed by atoms with Gasteiger partial charge in [-0.3, -0.25) is 0 Å². The number of hydrogen-bond donors (Lipinski definition) is 1. The van der Waals surface area contributed by atoms with Crippen LogP contribution in [0.25, 0.3) is 0 Å². The van der Waals surface area contributed by atoms with Crippen LogP contribution in [0.3, 0.4) is 0 Å². The van der Waals surface area contributed by atoms with Crippen LogP contribution in [0.15, 0.2) is 42.7 Å². The summed E-state index contributed by atoms with van der Waals surface area (Å²) in [4.78, 5) is 0. The molecule has 1 unspecified atom stereocenters. The zero-order chi connectivity index (χ0) is 13.7. The zero-order valence-corrected chi connectivity index (χ0v) is 11.2. The van der Waals surface area contributed by atoms with E-state index >= 15 is 0 Å². The number of nitrogens with two attached hydrogens (primary N) is 1. The van der Waals surface area contributed by atoms with Crippen molar-refractivity contribution >= 4 is 0 Å². The molecule has 0 fully saturated rings. The topological polar surface area (TPSA) is 54.7 Å². The molecule has 2 rings (SSSR count). The zero-order valence-electron chi connectivity index (χ0n) is 11.2. The van der Waals surface area contributed by atoms with E-state index in [1.165, 1.54) is 5.56 Å². The van der Waals surface area contributed by atoms with E-state index in [9.17, 15) is 0 Å². The van der Waals surface area contributed by atoms with Gasteiger partial charge in [-0.15, -0.1) is 0 Å². The van der Waals surface area contributed by atoms with Gasteiger partial charge in [0.25, 0.3) is 0 Å². The summed E-state index contributed by atoms with van der Waals surface area (Å²) in [5.41, 5.74) is 9.07. The lowest BCUT2D eigenvalue weighted by molar-refractivity contribution is 0.645. The highest BCUT2D eigenvalue weighted by molar-refractivity contribution is 5.33. The molecule has 1 aromatic heterocycles. The van der Waals surface area contributed by atoms with Gasteiger partial charge in [0.15, 0.2) is 0 Å². The van der Waals surface area contributed by atoms with E-state index in [4.69, 9.17) is 11.0 Å². The van der Waals surface area contributed by atoms with Crippen molar-refractivity contribution < 1.29 is 0 Å². The predicted octanol–water partition coefficient (Wildman–Crippen LogP) is 2.69. The molecular formula is C16H19N3. The Kier molecular flexibility index (Phi) is 4.38. The van der Waals surface area contributed by atoms with E-state index in [1.807, 2.05) is 24.3 Å². The van der Waals surface area contributed by atoms with Crippen LogP contribution in [0.2, 0.25) is 0 Å². The van der Waals surface area contributed by atoms with Crippen LogP contribution in [0, 0.1) is 11.3 Å². The summed E-state index contributed by atoms with van der Waals surface area (Å²) in [5.74, 6) is 0. The fourth-order valence-electron chi connectivity index (χ4n) is 2.11. The van der Waals surface area contributed by atoms with Crippen LogP contribution < -0.4 is 5.73 Å². The standard InChI is InChI=1S/C16H19N3/c1-2-16(18)9-15-6-7-19(12-15)11-14-5-3-4-13(8-14)10-17/h3-8,12,16H,2,9,11,18H2,1H3. The van der Waals surface area contributed by atoms with Gasteiger partial charge >= 0.3 is 0 Å². The molecule has 0 saturated carbocycles. The van der Waals surface area contributed by atoms with Gasteiger partial charge < -0.3 is 10.3 Å². The third-order valence-electron chi connectivity index (χ3n) is 3.26. The van der Waals surface area contributed by atoms with Gasteiger partial charge in [0, 0.05) is 25.0 Å². The molecule has 19 heavy (non-hydrogen) atoms. The van der Waals surface area contributed by atoms with Gasteiger partial charge in [-0.05, 0) is 42.2 Å². The Bertz CT molecular complexity index is 578. The number of nitrogens with zero attached hydrogens (tertiary/aromatic N) is 2. The number of aromatic nitrogens is 1. The van der Waals surface area contributed by atoms with Crippen molar-refractivity contribution in [3.8, 4) is 6.07 Å². The summed E-state index contributed by atoms with van der Waals surface area (Å²) in [6.45, 7) is 2.89. The van der Waals surface area contributed by atoms with Gasteiger partial charge in [-0.25, -0.2) is 0 Å². The molecule has 1 atom stereocenters. The van der Waals surface area contributed by atoms with Crippen molar-refractivity contribution in [3.63, 3.8) is 0 Å². The minimum Gasteiger partial charge on any atom is -0.350 e. The third-order valence-corrected chi connectivity index (χ3v) is 3.26. The molecule has 0 aliphatic heterocycles. The molecule has 0 saturated heterocycles. The highest BCUT2D eigenvalue weighted by atomic mass is 14.9. The van der Waals surface area contributed by atoms with Crippen molar-refractivity contribution in [2.75, 3.05) is 0 Å². The molecule has 0 bridgehead atoms. The average molecular weight is 253 g/mol. The Morgan fingerprint density at radius 1 is 1.32 bits per heavy atom. The molecule has 1 heterocycles. The fraction of sp³-hybridized carbons (Fsp3) is 0.312. The fourth-order valence-corrected chi connectivity index (χ4v) is 2.11. The maximum atomic E-state index is 8.89. The summed E-state index contributed by atoms with van der Waals surface area (Å²) < 4.78 is 2.13. The SMILES string of the molecule is CCC(N)Cc1ccn(Cc2cccc(C#N)c2)c1. The Morgan fingerprint density at radius 2 is 2.16 bits per heavy atom. The highest BCUT2D eigenvalue weighted by Gasteiger charge is 2.03. The molecule has 1 aromatic carbocycles. The van der Waals surface area contributed by atoms with Crippen molar-refractivity contribution in [2.24, 2.45) is 5.73 Å². The van der Waals surface area contributed by atoms with Crippen molar-refractivity contribution in [1.82, 2.24) is 4.57 Å². The smallest absolute Gasteiger partial charge is 0.0991 e. The molecule has 0 aliphatic rings. The van der Waals surface area contributed by atoms with E-state index in [2.05, 4.69) is 36.0 Å². The van der Waals surface area contributed by atoms with Crippen molar-refractivity contribution in [3.05, 3.63) is 59.4 Å². The molecule has 0 radical (unpaired) electrons. The first-order valence-corrected chi connectivity index (χ1v) is 6.60. The number of hydrogen-bond acceptors (Lipinski definition) is 2. The lowest BCUT2D eigenvalue weighted by Crippen LogP contribution is -2.21. The second-order valence-corrected chi connectivity index (χ2v) is 4.88. The summed E-state index contributed by atoms with van der Waals surface area (Å²) in [6.07, 6.45) is 6.11. The largest absolute Gasteiger partial charge is 0.350 e. The molecule has 0 amide bonds. The first-order valence-electron chi connectivity index (χ1n) is 6.60. The van der Waals surface area contributed by atoms with Gasteiger partial charge in [-0.2, -0.15) is 5.26 Å². The maximum Gasteiger partial charge on any atom is 0.0991 e. The molecule has 3 heteroatoms. The molecule has 0 aliphatic carbocycles. The minimum absolute atomic E-state index is 0.234. The van der Waals surface area contributed by atoms with Gasteiger partial charge in [-0.1, -0.05) is 19.1 Å². The van der Waals surface area contributed by atoms with E-state index in [1.54, 1.807) is 0 Å². The molecule has 2 aromatic rings. The monoisotopic (exact) mass is 253 g/mol. The van der Waals surface area contributed by atoms with Crippen molar-refractivity contribution in [1.29, 1.82) is 5.26 Å². The van der Waals surface area contributed by atoms with Crippen molar-refractivity contribution in [2.45, 2.75) is 32.4 Å².